The molecule has 0 spiro atoms. The van der Waals surface area contributed by atoms with Crippen LogP contribution >= 0.6 is 0 Å². The second-order valence-electron chi connectivity index (χ2n) is 6.77. The third-order valence-electron chi connectivity index (χ3n) is 4.54. The van der Waals surface area contributed by atoms with E-state index in [4.69, 9.17) is 14.6 Å². The summed E-state index contributed by atoms with van der Waals surface area (Å²) in [6.07, 6.45) is 4.89. The van der Waals surface area contributed by atoms with Gasteiger partial charge < -0.3 is 14.8 Å². The van der Waals surface area contributed by atoms with Crippen LogP contribution in [0.2, 0.25) is 0 Å². The number of pyridine rings is 1. The van der Waals surface area contributed by atoms with Gasteiger partial charge in [0.25, 0.3) is 0 Å². The average Bonchev–Trinajstić information content (AvgIpc) is 2.77. The van der Waals surface area contributed by atoms with E-state index < -0.39 is 9.71 Å². The summed E-state index contributed by atoms with van der Waals surface area (Å²) in [4.78, 5) is 13.3. The maximum absolute atomic E-state index is 12.0. The summed E-state index contributed by atoms with van der Waals surface area (Å²) in [6, 6.07) is 14.4. The summed E-state index contributed by atoms with van der Waals surface area (Å²) in [5.41, 5.74) is 2.31. The van der Waals surface area contributed by atoms with Gasteiger partial charge in [-0.05, 0) is 41.8 Å². The highest BCUT2D eigenvalue weighted by molar-refractivity contribution is 7.98. The third-order valence-corrected chi connectivity index (χ3v) is 5.59. The largest absolute Gasteiger partial charge is 0.493 e. The Morgan fingerprint density at radius 2 is 2.00 bits per heavy atom. The first-order chi connectivity index (χ1) is 14.9. The Balaban J connectivity index is 1.63. The average molecular weight is 436 g/mol. The van der Waals surface area contributed by atoms with E-state index in [0.29, 0.717) is 27.7 Å². The molecule has 2 aromatic heterocycles. The molecule has 0 amide bonds. The Morgan fingerprint density at radius 1 is 1.13 bits per heavy atom. The first kappa shape index (κ1) is 20.6. The van der Waals surface area contributed by atoms with Crippen LogP contribution in [0.3, 0.4) is 0 Å². The van der Waals surface area contributed by atoms with Gasteiger partial charge in [0, 0.05) is 22.5 Å². The van der Waals surface area contributed by atoms with Gasteiger partial charge in [0.15, 0.2) is 11.5 Å². The highest BCUT2D eigenvalue weighted by Crippen LogP contribution is 2.35. The molecule has 0 saturated carbocycles. The number of rotatable bonds is 7. The standard InChI is InChI=1S/C22H21N5O3S/c1-29-20-10-18-19(25-14-26-22(18)27-16-6-4-8-24-12-16)11-21(20)30-13-15-5-3-7-17(9-15)31(2,23)28/h3-12,14H,2,13H2,1H3,(H2,23,28)(H,25,26,27). The molecule has 1 unspecified atom stereocenters. The third kappa shape index (κ3) is 4.73. The van der Waals surface area contributed by atoms with E-state index >= 15 is 0 Å². The van der Waals surface area contributed by atoms with Crippen LogP contribution in [0.15, 0.2) is 72.1 Å². The number of hydrogen-bond acceptors (Lipinski definition) is 7. The van der Waals surface area contributed by atoms with Crippen LogP contribution in [0.4, 0.5) is 11.5 Å². The monoisotopic (exact) mass is 435 g/mol. The maximum Gasteiger partial charge on any atom is 0.163 e. The quantitative estimate of drug-likeness (QED) is 0.428. The SMILES string of the molecule is C=S(N)(=O)c1cccc(COc2cc3ncnc(Nc4cccnc4)c3cc2OC)c1. The van der Waals surface area contributed by atoms with Gasteiger partial charge in [-0.15, -0.1) is 0 Å². The normalized spacial score (nSPS) is 12.8. The molecule has 0 saturated heterocycles. The number of fused-ring (bicyclic) bond motifs is 1. The highest BCUT2D eigenvalue weighted by Gasteiger charge is 2.13. The Morgan fingerprint density at radius 3 is 2.74 bits per heavy atom. The first-order valence-corrected chi connectivity index (χ1v) is 11.1. The highest BCUT2D eigenvalue weighted by atomic mass is 32.2. The number of hydrogen-bond donors (Lipinski definition) is 2. The molecule has 0 aliphatic carbocycles. The van der Waals surface area contributed by atoms with E-state index in [0.717, 1.165) is 16.6 Å². The van der Waals surface area contributed by atoms with Gasteiger partial charge >= 0.3 is 0 Å². The van der Waals surface area contributed by atoms with Gasteiger partial charge in [-0.25, -0.2) is 14.2 Å². The van der Waals surface area contributed by atoms with Crippen LogP contribution in [0, 0.1) is 0 Å². The van der Waals surface area contributed by atoms with Gasteiger partial charge in [-0.3, -0.25) is 10.1 Å². The second-order valence-corrected chi connectivity index (χ2v) is 8.70. The number of anilines is 2. The van der Waals surface area contributed by atoms with Crippen molar-refractivity contribution in [3.63, 3.8) is 0 Å². The van der Waals surface area contributed by atoms with Crippen LogP contribution in [-0.2, 0) is 16.3 Å². The minimum absolute atomic E-state index is 0.233. The van der Waals surface area contributed by atoms with Gasteiger partial charge in [0.05, 0.1) is 34.2 Å². The topological polar surface area (TPSA) is 112 Å². The summed E-state index contributed by atoms with van der Waals surface area (Å²) in [7, 11) is -1.22. The number of nitrogens with two attached hydrogens (primary N) is 1. The molecule has 158 valence electrons. The van der Waals surface area contributed by atoms with E-state index in [-0.39, 0.29) is 6.61 Å². The van der Waals surface area contributed by atoms with Crippen LogP contribution in [0.5, 0.6) is 11.5 Å². The molecule has 8 nitrogen and oxygen atoms in total. The molecule has 0 aliphatic rings. The molecule has 0 radical (unpaired) electrons. The zero-order valence-electron chi connectivity index (χ0n) is 16.8. The van der Waals surface area contributed by atoms with Gasteiger partial charge in [-0.2, -0.15) is 0 Å². The summed E-state index contributed by atoms with van der Waals surface area (Å²) < 4.78 is 23.5. The van der Waals surface area contributed by atoms with Crippen molar-refractivity contribution in [3.05, 3.63) is 72.8 Å². The molecular formula is C22H21N5O3S. The molecule has 9 heteroatoms. The zero-order valence-corrected chi connectivity index (χ0v) is 17.6. The van der Waals surface area contributed by atoms with Crippen molar-refractivity contribution in [2.24, 2.45) is 5.14 Å². The molecule has 0 bridgehead atoms. The summed E-state index contributed by atoms with van der Waals surface area (Å²) in [5.74, 6) is 5.21. The zero-order chi connectivity index (χ0) is 21.8. The van der Waals surface area contributed by atoms with Crippen molar-refractivity contribution in [2.75, 3.05) is 12.4 Å². The molecule has 0 aliphatic heterocycles. The number of ether oxygens (including phenoxy) is 2. The lowest BCUT2D eigenvalue weighted by molar-refractivity contribution is 0.285. The number of methoxy groups -OCH3 is 1. The lowest BCUT2D eigenvalue weighted by Gasteiger charge is -2.14. The summed E-state index contributed by atoms with van der Waals surface area (Å²) in [6.45, 7) is 0.233. The van der Waals surface area contributed by atoms with Crippen molar-refractivity contribution >= 4 is 38.0 Å². The fraction of sp³-hybridized carbons (Fsp3) is 0.0909. The van der Waals surface area contributed by atoms with E-state index in [1.165, 1.54) is 6.33 Å². The number of nitrogens with one attached hydrogen (secondary N) is 1. The van der Waals surface area contributed by atoms with Gasteiger partial charge in [0.2, 0.25) is 0 Å². The molecule has 2 heterocycles. The number of aromatic nitrogens is 3. The molecule has 3 N–H and O–H groups in total. The molecule has 0 fully saturated rings. The van der Waals surface area contributed by atoms with Crippen LogP contribution in [-0.4, -0.2) is 32.1 Å². The molecule has 31 heavy (non-hydrogen) atoms. The van der Waals surface area contributed by atoms with E-state index in [1.54, 1.807) is 43.8 Å². The van der Waals surface area contributed by atoms with E-state index in [1.807, 2.05) is 24.3 Å². The lowest BCUT2D eigenvalue weighted by Crippen LogP contribution is -2.12. The smallest absolute Gasteiger partial charge is 0.163 e. The summed E-state index contributed by atoms with van der Waals surface area (Å²) >= 11 is 0. The Kier molecular flexibility index (Phi) is 5.70. The minimum Gasteiger partial charge on any atom is -0.493 e. The van der Waals surface area contributed by atoms with Crippen LogP contribution in [0.25, 0.3) is 10.9 Å². The predicted molar refractivity (Wildman–Crippen MR) is 122 cm³/mol. The maximum atomic E-state index is 12.0. The van der Waals surface area contributed by atoms with Crippen molar-refractivity contribution in [3.8, 4) is 11.5 Å². The molecule has 4 aromatic rings. The van der Waals surface area contributed by atoms with Gasteiger partial charge in [-0.1, -0.05) is 12.1 Å². The fourth-order valence-corrected chi connectivity index (χ4v) is 3.68. The number of benzene rings is 2. The molecule has 4 rings (SSSR count). The molecular weight excluding hydrogens is 414 g/mol. The van der Waals surface area contributed by atoms with E-state index in [9.17, 15) is 4.21 Å². The van der Waals surface area contributed by atoms with Gasteiger partial charge in [0.1, 0.15) is 18.8 Å². The van der Waals surface area contributed by atoms with Crippen molar-refractivity contribution in [1.82, 2.24) is 15.0 Å². The van der Waals surface area contributed by atoms with Crippen molar-refractivity contribution in [1.29, 1.82) is 0 Å². The second kappa shape index (κ2) is 8.58. The Bertz CT molecular complexity index is 1330. The van der Waals surface area contributed by atoms with Crippen molar-refractivity contribution < 1.29 is 13.7 Å². The number of nitrogens with zero attached hydrogens (tertiary/aromatic N) is 3. The predicted octanol–water partition coefficient (Wildman–Crippen LogP) is 3.31. The molecule has 2 aromatic carbocycles. The van der Waals surface area contributed by atoms with Crippen LogP contribution in [0.1, 0.15) is 5.56 Å². The Hall–Kier alpha value is -3.69. The van der Waals surface area contributed by atoms with Crippen molar-refractivity contribution in [2.45, 2.75) is 11.5 Å². The first-order valence-electron chi connectivity index (χ1n) is 9.30. The lowest BCUT2D eigenvalue weighted by atomic mass is 10.2. The fourth-order valence-electron chi connectivity index (χ4n) is 3.02. The minimum atomic E-state index is -2.79. The Labute approximate surface area is 180 Å². The summed E-state index contributed by atoms with van der Waals surface area (Å²) in [5, 5.41) is 9.66. The van der Waals surface area contributed by atoms with Crippen LogP contribution < -0.4 is 19.9 Å². The van der Waals surface area contributed by atoms with E-state index in [2.05, 4.69) is 26.1 Å². The molecule has 1 atom stereocenters.